The summed E-state index contributed by atoms with van der Waals surface area (Å²) in [6, 6.07) is 9.41. The molecule has 3 heteroatoms. The molecule has 1 aliphatic rings. The Morgan fingerprint density at radius 3 is 2.45 bits per heavy atom. The van der Waals surface area contributed by atoms with E-state index in [1.54, 1.807) is 0 Å². The summed E-state index contributed by atoms with van der Waals surface area (Å²) in [5.74, 6) is 0. The fourth-order valence-corrected chi connectivity index (χ4v) is 3.85. The van der Waals surface area contributed by atoms with E-state index in [1.807, 2.05) is 0 Å². The molecule has 1 aromatic rings. The van der Waals surface area contributed by atoms with Gasteiger partial charge in [-0.15, -0.1) is 0 Å². The van der Waals surface area contributed by atoms with Crippen LogP contribution in [0, 0.1) is 5.41 Å². The zero-order chi connectivity index (χ0) is 14.8. The number of halogens is 1. The van der Waals surface area contributed by atoms with Crippen molar-refractivity contribution in [2.75, 3.05) is 13.6 Å². The lowest BCUT2D eigenvalue weighted by Gasteiger charge is -2.41. The van der Waals surface area contributed by atoms with Crippen molar-refractivity contribution < 1.29 is 0 Å². The van der Waals surface area contributed by atoms with E-state index in [2.05, 4.69) is 66.0 Å². The minimum atomic E-state index is 0.303. The van der Waals surface area contributed by atoms with Crippen molar-refractivity contribution in [1.29, 1.82) is 0 Å². The van der Waals surface area contributed by atoms with Gasteiger partial charge in [0.25, 0.3) is 0 Å². The van der Waals surface area contributed by atoms with Crippen LogP contribution in [-0.2, 0) is 0 Å². The predicted octanol–water partition coefficient (Wildman–Crippen LogP) is 4.35. The molecular weight excluding hydrogens is 312 g/mol. The summed E-state index contributed by atoms with van der Waals surface area (Å²) < 4.78 is 1.17. The van der Waals surface area contributed by atoms with Crippen molar-refractivity contribution in [3.05, 3.63) is 34.3 Å². The molecule has 0 aliphatic heterocycles. The van der Waals surface area contributed by atoms with E-state index in [9.17, 15) is 0 Å². The fourth-order valence-electron chi connectivity index (χ4n) is 3.30. The first-order valence-corrected chi connectivity index (χ1v) is 8.40. The topological polar surface area (TPSA) is 29.3 Å². The lowest BCUT2D eigenvalue weighted by atomic mass is 9.75. The van der Waals surface area contributed by atoms with Crippen molar-refractivity contribution in [2.45, 2.75) is 51.6 Å². The number of hydrogen-bond acceptors (Lipinski definition) is 2. The normalized spacial score (nSPS) is 21.1. The van der Waals surface area contributed by atoms with Gasteiger partial charge in [-0.2, -0.15) is 0 Å². The molecule has 1 atom stereocenters. The molecule has 0 bridgehead atoms. The molecule has 0 aromatic heterocycles. The first-order chi connectivity index (χ1) is 9.44. The van der Waals surface area contributed by atoms with Crippen LogP contribution in [0.4, 0.5) is 0 Å². The zero-order valence-corrected chi connectivity index (χ0v) is 14.5. The number of nitrogens with zero attached hydrogens (tertiary/aromatic N) is 1. The molecule has 1 aliphatic carbocycles. The Bertz CT molecular complexity index is 434. The van der Waals surface area contributed by atoms with Crippen LogP contribution >= 0.6 is 15.9 Å². The molecule has 1 fully saturated rings. The third-order valence-corrected chi connectivity index (χ3v) is 5.59. The van der Waals surface area contributed by atoms with Gasteiger partial charge in [-0.05, 0) is 49.8 Å². The second kappa shape index (κ2) is 6.59. The molecule has 0 radical (unpaired) electrons. The van der Waals surface area contributed by atoms with Crippen LogP contribution in [0.5, 0.6) is 0 Å². The van der Waals surface area contributed by atoms with Gasteiger partial charge < -0.3 is 5.73 Å². The van der Waals surface area contributed by atoms with Gasteiger partial charge in [0.2, 0.25) is 0 Å². The summed E-state index contributed by atoms with van der Waals surface area (Å²) in [4.78, 5) is 2.50. The summed E-state index contributed by atoms with van der Waals surface area (Å²) in [7, 11) is 2.24. The minimum absolute atomic E-state index is 0.303. The van der Waals surface area contributed by atoms with Gasteiger partial charge in [0.1, 0.15) is 0 Å². The lowest BCUT2D eigenvalue weighted by molar-refractivity contribution is 0.0964. The Labute approximate surface area is 131 Å². The SMILES string of the molecule is CN(C1CCC(C)(C)CC1)C(CN)c1ccccc1Br. The maximum atomic E-state index is 6.07. The maximum Gasteiger partial charge on any atom is 0.0481 e. The molecule has 2 rings (SSSR count). The van der Waals surface area contributed by atoms with E-state index in [0.717, 1.165) is 0 Å². The number of rotatable bonds is 4. The highest BCUT2D eigenvalue weighted by atomic mass is 79.9. The number of benzene rings is 1. The molecule has 112 valence electrons. The van der Waals surface area contributed by atoms with E-state index in [-0.39, 0.29) is 0 Å². The van der Waals surface area contributed by atoms with Crippen LogP contribution in [0.1, 0.15) is 51.1 Å². The van der Waals surface area contributed by atoms with E-state index in [0.29, 0.717) is 24.0 Å². The van der Waals surface area contributed by atoms with Gasteiger partial charge >= 0.3 is 0 Å². The van der Waals surface area contributed by atoms with Crippen molar-refractivity contribution in [3.8, 4) is 0 Å². The Kier molecular flexibility index (Phi) is 5.27. The molecule has 2 N–H and O–H groups in total. The number of hydrogen-bond donors (Lipinski definition) is 1. The highest BCUT2D eigenvalue weighted by molar-refractivity contribution is 9.10. The standard InChI is InChI=1S/C17H27BrN2/c1-17(2)10-8-13(9-11-17)20(3)16(12-19)14-6-4-5-7-15(14)18/h4-7,13,16H,8-12,19H2,1-3H3. The second-order valence-corrected chi connectivity index (χ2v) is 7.69. The Morgan fingerprint density at radius 2 is 1.90 bits per heavy atom. The zero-order valence-electron chi connectivity index (χ0n) is 12.9. The summed E-state index contributed by atoms with van der Waals surface area (Å²) in [5, 5.41) is 0. The molecule has 0 saturated heterocycles. The summed E-state index contributed by atoms with van der Waals surface area (Å²) in [5.41, 5.74) is 7.90. The first-order valence-electron chi connectivity index (χ1n) is 7.61. The third kappa shape index (κ3) is 3.63. The van der Waals surface area contributed by atoms with E-state index < -0.39 is 0 Å². The molecule has 0 amide bonds. The van der Waals surface area contributed by atoms with Gasteiger partial charge in [-0.1, -0.05) is 48.0 Å². The van der Waals surface area contributed by atoms with Crippen LogP contribution in [0.15, 0.2) is 28.7 Å². The van der Waals surface area contributed by atoms with Crippen LogP contribution in [-0.4, -0.2) is 24.5 Å². The molecule has 0 spiro atoms. The van der Waals surface area contributed by atoms with Crippen LogP contribution < -0.4 is 5.73 Å². The largest absolute Gasteiger partial charge is 0.329 e. The quantitative estimate of drug-likeness (QED) is 0.884. The van der Waals surface area contributed by atoms with Crippen LogP contribution in [0.3, 0.4) is 0 Å². The molecule has 1 unspecified atom stereocenters. The van der Waals surface area contributed by atoms with Crippen molar-refractivity contribution in [1.82, 2.24) is 4.90 Å². The van der Waals surface area contributed by atoms with E-state index in [1.165, 1.54) is 35.7 Å². The molecular formula is C17H27BrN2. The summed E-state index contributed by atoms with van der Waals surface area (Å²) in [6.07, 6.45) is 5.19. The molecule has 20 heavy (non-hydrogen) atoms. The lowest BCUT2D eigenvalue weighted by Crippen LogP contribution is -2.41. The third-order valence-electron chi connectivity index (χ3n) is 4.86. The van der Waals surface area contributed by atoms with Crippen molar-refractivity contribution >= 4 is 15.9 Å². The maximum absolute atomic E-state index is 6.07. The monoisotopic (exact) mass is 338 g/mol. The fraction of sp³-hybridized carbons (Fsp3) is 0.647. The van der Waals surface area contributed by atoms with Gasteiger partial charge in [0.05, 0.1) is 0 Å². The second-order valence-electron chi connectivity index (χ2n) is 6.83. The Morgan fingerprint density at radius 1 is 1.30 bits per heavy atom. The van der Waals surface area contributed by atoms with Gasteiger partial charge in [0, 0.05) is 23.1 Å². The Hall–Kier alpha value is -0.380. The van der Waals surface area contributed by atoms with Crippen molar-refractivity contribution in [3.63, 3.8) is 0 Å². The average molecular weight is 339 g/mol. The van der Waals surface area contributed by atoms with E-state index in [4.69, 9.17) is 5.73 Å². The average Bonchev–Trinajstić information content (AvgIpc) is 2.41. The first kappa shape index (κ1) is 16.0. The smallest absolute Gasteiger partial charge is 0.0481 e. The van der Waals surface area contributed by atoms with Gasteiger partial charge in [-0.3, -0.25) is 4.90 Å². The molecule has 2 nitrogen and oxygen atoms in total. The predicted molar refractivity (Wildman–Crippen MR) is 89.7 cm³/mol. The van der Waals surface area contributed by atoms with Crippen LogP contribution in [0.2, 0.25) is 0 Å². The molecule has 1 saturated carbocycles. The van der Waals surface area contributed by atoms with Gasteiger partial charge in [-0.25, -0.2) is 0 Å². The van der Waals surface area contributed by atoms with Crippen molar-refractivity contribution in [2.24, 2.45) is 11.1 Å². The number of likely N-dealkylation sites (N-methyl/N-ethyl adjacent to an activating group) is 1. The number of nitrogens with two attached hydrogens (primary N) is 1. The summed E-state index contributed by atoms with van der Waals surface area (Å²) >= 11 is 3.67. The Balaban J connectivity index is 2.10. The van der Waals surface area contributed by atoms with Crippen LogP contribution in [0.25, 0.3) is 0 Å². The van der Waals surface area contributed by atoms with E-state index >= 15 is 0 Å². The minimum Gasteiger partial charge on any atom is -0.329 e. The summed E-state index contributed by atoms with van der Waals surface area (Å²) in [6.45, 7) is 5.44. The molecule has 0 heterocycles. The highest BCUT2D eigenvalue weighted by Crippen LogP contribution is 2.39. The highest BCUT2D eigenvalue weighted by Gasteiger charge is 2.31. The van der Waals surface area contributed by atoms with Gasteiger partial charge in [0.15, 0.2) is 0 Å². The molecule has 1 aromatic carbocycles.